The lowest BCUT2D eigenvalue weighted by atomic mass is 9.99. The highest BCUT2D eigenvalue weighted by molar-refractivity contribution is 7.89. The number of benzene rings is 2. The Balaban J connectivity index is 1.62. The molecule has 0 saturated carbocycles. The summed E-state index contributed by atoms with van der Waals surface area (Å²) in [5, 5.41) is 2.74. The average Bonchev–Trinajstić information content (AvgIpc) is 2.79. The van der Waals surface area contributed by atoms with E-state index in [4.69, 9.17) is 5.73 Å². The number of rotatable bonds is 6. The van der Waals surface area contributed by atoms with Crippen molar-refractivity contribution >= 4 is 21.9 Å². The zero-order valence-corrected chi connectivity index (χ0v) is 17.9. The molecule has 4 rings (SSSR count). The minimum atomic E-state index is -3.93. The number of nitrogen functional groups attached to an aromatic ring is 1. The number of nitrogens with one attached hydrogen (secondary N) is 2. The predicted octanol–water partition coefficient (Wildman–Crippen LogP) is 2.34. The number of nitrogens with zero attached hydrogens (tertiary/aromatic N) is 2. The van der Waals surface area contributed by atoms with E-state index >= 15 is 0 Å². The summed E-state index contributed by atoms with van der Waals surface area (Å²) in [4.78, 5) is 19.7. The molecule has 1 amide bonds. The highest BCUT2D eigenvalue weighted by Gasteiger charge is 2.26. The van der Waals surface area contributed by atoms with E-state index in [0.717, 1.165) is 6.42 Å². The first kappa shape index (κ1) is 21.8. The lowest BCUT2D eigenvalue weighted by Crippen LogP contribution is -2.42. The molecule has 2 heterocycles. The quantitative estimate of drug-likeness (QED) is 0.524. The van der Waals surface area contributed by atoms with Crippen LogP contribution in [0.4, 0.5) is 10.3 Å². The Morgan fingerprint density at radius 1 is 1.09 bits per heavy atom. The molecule has 10 heteroatoms. The van der Waals surface area contributed by atoms with Crippen molar-refractivity contribution in [1.29, 1.82) is 0 Å². The van der Waals surface area contributed by atoms with Gasteiger partial charge in [0.05, 0.1) is 10.8 Å². The number of carbonyl (C=O) groups excluding carboxylic acids is 1. The Kier molecular flexibility index (Phi) is 6.15. The number of nitrogens with two attached hydrogens (primary N) is 1. The number of carbonyl (C=O) groups is 1. The maximum absolute atomic E-state index is 14.9. The molecule has 166 valence electrons. The second-order valence-corrected chi connectivity index (χ2v) is 9.24. The van der Waals surface area contributed by atoms with Crippen LogP contribution < -0.4 is 15.8 Å². The normalized spacial score (nSPS) is 16.5. The maximum atomic E-state index is 14.9. The van der Waals surface area contributed by atoms with Gasteiger partial charge in [0.25, 0.3) is 0 Å². The monoisotopic (exact) mass is 455 g/mol. The van der Waals surface area contributed by atoms with Crippen LogP contribution in [0.15, 0.2) is 59.8 Å². The number of piperidine rings is 1. The van der Waals surface area contributed by atoms with Crippen LogP contribution in [-0.2, 0) is 14.8 Å². The summed E-state index contributed by atoms with van der Waals surface area (Å²) in [5.41, 5.74) is 6.96. The lowest BCUT2D eigenvalue weighted by molar-refractivity contribution is -0.126. The van der Waals surface area contributed by atoms with Crippen molar-refractivity contribution in [2.75, 3.05) is 18.8 Å². The number of sulfonamides is 1. The number of hydrogen-bond acceptors (Lipinski definition) is 6. The van der Waals surface area contributed by atoms with Gasteiger partial charge in [0.2, 0.25) is 21.9 Å². The van der Waals surface area contributed by atoms with Crippen LogP contribution in [0.2, 0.25) is 0 Å². The van der Waals surface area contributed by atoms with Gasteiger partial charge >= 0.3 is 0 Å². The van der Waals surface area contributed by atoms with E-state index in [2.05, 4.69) is 20.0 Å². The summed E-state index contributed by atoms with van der Waals surface area (Å²) in [7, 11) is -3.93. The van der Waals surface area contributed by atoms with Crippen molar-refractivity contribution in [3.63, 3.8) is 0 Å². The molecule has 0 spiro atoms. The van der Waals surface area contributed by atoms with Gasteiger partial charge in [-0.3, -0.25) is 4.79 Å². The van der Waals surface area contributed by atoms with Gasteiger partial charge in [-0.25, -0.2) is 27.5 Å². The summed E-state index contributed by atoms with van der Waals surface area (Å²) in [5.74, 6) is -1.03. The Morgan fingerprint density at radius 2 is 1.84 bits per heavy atom. The molecular weight excluding hydrogens is 433 g/mol. The lowest BCUT2D eigenvalue weighted by Gasteiger charge is -2.22. The molecule has 0 aliphatic carbocycles. The summed E-state index contributed by atoms with van der Waals surface area (Å²) >= 11 is 0. The zero-order chi connectivity index (χ0) is 22.7. The van der Waals surface area contributed by atoms with Crippen LogP contribution in [0.5, 0.6) is 0 Å². The second-order valence-electron chi connectivity index (χ2n) is 7.50. The first-order valence-corrected chi connectivity index (χ1v) is 11.6. The third kappa shape index (κ3) is 4.61. The second kappa shape index (κ2) is 9.01. The van der Waals surface area contributed by atoms with E-state index in [0.29, 0.717) is 29.7 Å². The molecule has 1 aliphatic rings. The Labute approximate surface area is 185 Å². The van der Waals surface area contributed by atoms with E-state index in [1.807, 2.05) is 0 Å². The van der Waals surface area contributed by atoms with Crippen molar-refractivity contribution in [1.82, 2.24) is 20.0 Å². The Bertz CT molecular complexity index is 1250. The van der Waals surface area contributed by atoms with Crippen molar-refractivity contribution in [2.45, 2.75) is 17.7 Å². The van der Waals surface area contributed by atoms with Gasteiger partial charge in [0.15, 0.2) is 0 Å². The van der Waals surface area contributed by atoms with Crippen LogP contribution in [0.1, 0.15) is 12.8 Å². The standard InChI is InChI=1S/C22H22FN5O3S/c23-19-10-14(7-8-17(19)16-11-26-22(24)27-12-16)18-5-1-2-6-20(18)32(30,31)28-13-15-4-3-9-25-21(15)29/h1-2,5-8,10-12,15,28H,3-4,9,13H2,(H,25,29)(H2,24,26,27). The van der Waals surface area contributed by atoms with E-state index < -0.39 is 21.8 Å². The third-order valence-electron chi connectivity index (χ3n) is 5.36. The van der Waals surface area contributed by atoms with Crippen molar-refractivity contribution in [3.8, 4) is 22.3 Å². The van der Waals surface area contributed by atoms with Gasteiger partial charge in [-0.05, 0) is 30.5 Å². The summed E-state index contributed by atoms with van der Waals surface area (Å²) in [6.45, 7) is 0.613. The first-order valence-electron chi connectivity index (χ1n) is 10.1. The van der Waals surface area contributed by atoms with E-state index in [1.165, 1.54) is 24.5 Å². The first-order chi connectivity index (χ1) is 15.3. The molecule has 1 aromatic heterocycles. The number of anilines is 1. The highest BCUT2D eigenvalue weighted by Crippen LogP contribution is 2.31. The van der Waals surface area contributed by atoms with E-state index in [9.17, 15) is 17.6 Å². The van der Waals surface area contributed by atoms with Crippen LogP contribution in [0, 0.1) is 11.7 Å². The molecular formula is C22H22FN5O3S. The SMILES string of the molecule is Nc1ncc(-c2ccc(-c3ccccc3S(=O)(=O)NCC3CCCNC3=O)cc2F)cn1. The third-order valence-corrected chi connectivity index (χ3v) is 6.84. The Morgan fingerprint density at radius 3 is 2.56 bits per heavy atom. The minimum Gasteiger partial charge on any atom is -0.368 e. The fraction of sp³-hybridized carbons (Fsp3) is 0.227. The fourth-order valence-electron chi connectivity index (χ4n) is 3.65. The van der Waals surface area contributed by atoms with E-state index in [1.54, 1.807) is 30.3 Å². The molecule has 1 aliphatic heterocycles. The van der Waals surface area contributed by atoms with Crippen molar-refractivity contribution in [3.05, 3.63) is 60.7 Å². The van der Waals surface area contributed by atoms with Gasteiger partial charge in [0, 0.05) is 42.2 Å². The highest BCUT2D eigenvalue weighted by atomic mass is 32.2. The van der Waals surface area contributed by atoms with Crippen molar-refractivity contribution in [2.24, 2.45) is 5.92 Å². The molecule has 1 unspecified atom stereocenters. The predicted molar refractivity (Wildman–Crippen MR) is 118 cm³/mol. The molecule has 0 bridgehead atoms. The number of hydrogen-bond donors (Lipinski definition) is 3. The molecule has 1 atom stereocenters. The van der Waals surface area contributed by atoms with Gasteiger partial charge in [-0.15, -0.1) is 0 Å². The van der Waals surface area contributed by atoms with Gasteiger partial charge in [-0.2, -0.15) is 0 Å². The molecule has 0 radical (unpaired) electrons. The molecule has 32 heavy (non-hydrogen) atoms. The molecule has 2 aromatic carbocycles. The van der Waals surface area contributed by atoms with Crippen LogP contribution in [0.3, 0.4) is 0 Å². The molecule has 4 N–H and O–H groups in total. The van der Waals surface area contributed by atoms with Gasteiger partial charge < -0.3 is 11.1 Å². The topological polar surface area (TPSA) is 127 Å². The van der Waals surface area contributed by atoms with Crippen molar-refractivity contribution < 1.29 is 17.6 Å². The maximum Gasteiger partial charge on any atom is 0.241 e. The molecule has 3 aromatic rings. The summed E-state index contributed by atoms with van der Waals surface area (Å²) < 4.78 is 43.5. The van der Waals surface area contributed by atoms with Crippen LogP contribution in [-0.4, -0.2) is 37.4 Å². The largest absolute Gasteiger partial charge is 0.368 e. The summed E-state index contributed by atoms with van der Waals surface area (Å²) in [6.07, 6.45) is 4.27. The number of halogens is 1. The zero-order valence-electron chi connectivity index (χ0n) is 17.1. The molecule has 8 nitrogen and oxygen atoms in total. The van der Waals surface area contributed by atoms with Gasteiger partial charge in [0.1, 0.15) is 5.82 Å². The molecule has 1 saturated heterocycles. The smallest absolute Gasteiger partial charge is 0.241 e. The van der Waals surface area contributed by atoms with Gasteiger partial charge in [-0.1, -0.05) is 30.3 Å². The number of aromatic nitrogens is 2. The minimum absolute atomic E-state index is 0.00688. The van der Waals surface area contributed by atoms with Crippen LogP contribution >= 0.6 is 0 Å². The van der Waals surface area contributed by atoms with E-state index in [-0.39, 0.29) is 28.9 Å². The van der Waals surface area contributed by atoms with Crippen LogP contribution in [0.25, 0.3) is 22.3 Å². The fourth-order valence-corrected chi connectivity index (χ4v) is 4.96. The Hall–Kier alpha value is -3.37. The summed E-state index contributed by atoms with van der Waals surface area (Å²) in [6, 6.07) is 10.8. The molecule has 1 fully saturated rings. The average molecular weight is 456 g/mol. The number of amides is 1.